The molecule has 2 N–H and O–H groups in total. The number of nitrogens with one attached hydrogen (secondary N) is 1. The van der Waals surface area contributed by atoms with Gasteiger partial charge in [-0.3, -0.25) is 9.59 Å². The number of benzene rings is 1. The predicted molar refractivity (Wildman–Crippen MR) is 85.1 cm³/mol. The molecule has 3 rings (SSSR count). The highest BCUT2D eigenvalue weighted by Gasteiger charge is 2.41. The zero-order valence-corrected chi connectivity index (χ0v) is 12.6. The van der Waals surface area contributed by atoms with Crippen LogP contribution in [0.2, 0.25) is 0 Å². The van der Waals surface area contributed by atoms with Crippen molar-refractivity contribution in [2.45, 2.75) is 25.8 Å². The summed E-state index contributed by atoms with van der Waals surface area (Å²) < 4.78 is 0. The van der Waals surface area contributed by atoms with Gasteiger partial charge in [-0.1, -0.05) is 31.6 Å². The number of amides is 1. The Hall–Kier alpha value is -2.14. The fourth-order valence-corrected chi connectivity index (χ4v) is 3.10. The molecule has 5 heteroatoms. The number of ketones is 1. The number of anilines is 1. The first-order valence-electron chi connectivity index (χ1n) is 7.74. The van der Waals surface area contributed by atoms with Crippen LogP contribution in [0.15, 0.2) is 18.2 Å². The van der Waals surface area contributed by atoms with Crippen LogP contribution in [-0.4, -0.2) is 47.4 Å². The molecule has 1 aliphatic heterocycles. The number of aliphatic hydroxyl groups is 1. The number of carbonyl (C=O) groups is 2. The molecule has 2 bridgehead atoms. The molecule has 0 radical (unpaired) electrons. The number of Topliss-reactive ketones (excluding diaryl/α,β-unsaturated/α-hetero) is 1. The Balaban J connectivity index is 2.08. The summed E-state index contributed by atoms with van der Waals surface area (Å²) in [6, 6.07) is 3.19. The van der Waals surface area contributed by atoms with Crippen LogP contribution >= 0.6 is 0 Å². The van der Waals surface area contributed by atoms with Crippen LogP contribution in [0, 0.1) is 0 Å². The Morgan fingerprint density at radius 2 is 2.09 bits per heavy atom. The van der Waals surface area contributed by atoms with Gasteiger partial charge in [-0.05, 0) is 18.1 Å². The van der Waals surface area contributed by atoms with Gasteiger partial charge in [0, 0.05) is 24.3 Å². The number of unbranched alkanes of at least 4 members (excludes halogenated alkanes) is 1. The number of hydrogen-bond acceptors (Lipinski definition) is 4. The van der Waals surface area contributed by atoms with E-state index in [1.807, 2.05) is 24.3 Å². The number of carbonyl (C=O) groups excluding carboxylic acids is 2. The zero-order valence-electron chi connectivity index (χ0n) is 12.6. The first kappa shape index (κ1) is 14.8. The molecule has 0 saturated heterocycles. The van der Waals surface area contributed by atoms with Gasteiger partial charge in [0.15, 0.2) is 5.78 Å². The lowest BCUT2D eigenvalue weighted by atomic mass is 9.83. The molecule has 1 heterocycles. The second kappa shape index (κ2) is 5.93. The first-order valence-corrected chi connectivity index (χ1v) is 7.74. The van der Waals surface area contributed by atoms with Gasteiger partial charge in [-0.25, -0.2) is 0 Å². The fraction of sp³-hybridized carbons (Fsp3) is 0.412. The van der Waals surface area contributed by atoms with Gasteiger partial charge in [0.05, 0.1) is 12.2 Å². The summed E-state index contributed by atoms with van der Waals surface area (Å²) in [6.45, 7) is 2.97. The molecule has 0 aromatic heterocycles. The standard InChI is InChI=1S/C17H20N2O3/c1-2-3-9-19-13-7-5-11-4-6-12(18-8-10-20)15(17(19)22)14(11)16(13)21/h4-7,13,18,20H,2-3,8-10H2,1H3. The number of fused-ring (bicyclic) bond motifs is 1. The van der Waals surface area contributed by atoms with Gasteiger partial charge in [-0.2, -0.15) is 0 Å². The minimum absolute atomic E-state index is 0.00384. The third kappa shape index (κ3) is 2.22. The van der Waals surface area contributed by atoms with Crippen molar-refractivity contribution in [2.75, 3.05) is 25.0 Å². The number of aliphatic hydroxyl groups excluding tert-OH is 1. The second-order valence-corrected chi connectivity index (χ2v) is 5.62. The van der Waals surface area contributed by atoms with Gasteiger partial charge in [0.2, 0.25) is 0 Å². The second-order valence-electron chi connectivity index (χ2n) is 5.62. The molecule has 1 aliphatic carbocycles. The number of hydrogen-bond donors (Lipinski definition) is 2. The zero-order chi connectivity index (χ0) is 15.7. The monoisotopic (exact) mass is 300 g/mol. The smallest absolute Gasteiger partial charge is 0.257 e. The van der Waals surface area contributed by atoms with Crippen molar-refractivity contribution in [2.24, 2.45) is 0 Å². The Morgan fingerprint density at radius 1 is 1.27 bits per heavy atom. The topological polar surface area (TPSA) is 69.6 Å². The quantitative estimate of drug-likeness (QED) is 0.842. The van der Waals surface area contributed by atoms with Crippen LogP contribution in [-0.2, 0) is 0 Å². The summed E-state index contributed by atoms with van der Waals surface area (Å²) in [7, 11) is 0. The maximum absolute atomic E-state index is 12.9. The molecule has 1 unspecified atom stereocenters. The normalized spacial score (nSPS) is 18.8. The lowest BCUT2D eigenvalue weighted by Crippen LogP contribution is -2.50. The van der Waals surface area contributed by atoms with Crippen molar-refractivity contribution < 1.29 is 14.7 Å². The molecule has 0 saturated carbocycles. The third-order valence-electron chi connectivity index (χ3n) is 4.20. The molecule has 1 atom stereocenters. The Labute approximate surface area is 129 Å². The highest BCUT2D eigenvalue weighted by Crippen LogP contribution is 2.36. The Morgan fingerprint density at radius 3 is 2.82 bits per heavy atom. The van der Waals surface area contributed by atoms with E-state index >= 15 is 0 Å². The summed E-state index contributed by atoms with van der Waals surface area (Å²) in [4.78, 5) is 27.3. The van der Waals surface area contributed by atoms with Crippen molar-refractivity contribution in [3.05, 3.63) is 34.9 Å². The van der Waals surface area contributed by atoms with Crippen LogP contribution in [0.4, 0.5) is 5.69 Å². The maximum atomic E-state index is 12.9. The molecule has 116 valence electrons. The molecule has 1 amide bonds. The van der Waals surface area contributed by atoms with E-state index in [1.165, 1.54) is 0 Å². The van der Waals surface area contributed by atoms with Crippen LogP contribution in [0.3, 0.4) is 0 Å². The van der Waals surface area contributed by atoms with E-state index < -0.39 is 6.04 Å². The van der Waals surface area contributed by atoms with Gasteiger partial charge in [0.1, 0.15) is 6.04 Å². The molecule has 5 nitrogen and oxygen atoms in total. The van der Waals surface area contributed by atoms with Crippen LogP contribution < -0.4 is 5.32 Å². The molecule has 22 heavy (non-hydrogen) atoms. The SMILES string of the molecule is CCCCN1C(=O)c2c(NCCO)ccc3c2C(=O)C1C=C3. The Kier molecular flexibility index (Phi) is 3.98. The molecule has 2 aliphatic rings. The van der Waals surface area contributed by atoms with Crippen molar-refractivity contribution in [3.8, 4) is 0 Å². The lowest BCUT2D eigenvalue weighted by molar-refractivity contribution is 0.0617. The summed E-state index contributed by atoms with van der Waals surface area (Å²) >= 11 is 0. The number of nitrogens with zero attached hydrogens (tertiary/aromatic N) is 1. The largest absolute Gasteiger partial charge is 0.395 e. The van der Waals surface area contributed by atoms with E-state index in [0.29, 0.717) is 29.9 Å². The highest BCUT2D eigenvalue weighted by atomic mass is 16.3. The lowest BCUT2D eigenvalue weighted by Gasteiger charge is -2.37. The van der Waals surface area contributed by atoms with Crippen molar-refractivity contribution in [1.82, 2.24) is 4.90 Å². The van der Waals surface area contributed by atoms with Crippen molar-refractivity contribution in [3.63, 3.8) is 0 Å². The predicted octanol–water partition coefficient (Wildman–Crippen LogP) is 1.92. The highest BCUT2D eigenvalue weighted by molar-refractivity contribution is 6.21. The Bertz CT molecular complexity index is 652. The van der Waals surface area contributed by atoms with Gasteiger partial charge in [0.25, 0.3) is 5.91 Å². The summed E-state index contributed by atoms with van der Waals surface area (Å²) in [5.74, 6) is -0.101. The van der Waals surface area contributed by atoms with Gasteiger partial charge in [-0.15, -0.1) is 0 Å². The van der Waals surface area contributed by atoms with Gasteiger partial charge < -0.3 is 15.3 Å². The molecular formula is C17H20N2O3. The van der Waals surface area contributed by atoms with E-state index in [1.54, 1.807) is 4.90 Å². The molecule has 0 fully saturated rings. The van der Waals surface area contributed by atoms with Crippen LogP contribution in [0.5, 0.6) is 0 Å². The first-order chi connectivity index (χ1) is 10.7. The van der Waals surface area contributed by atoms with Gasteiger partial charge >= 0.3 is 0 Å². The van der Waals surface area contributed by atoms with E-state index in [4.69, 9.17) is 5.11 Å². The average Bonchev–Trinajstić information content (AvgIpc) is 2.53. The minimum atomic E-state index is -0.466. The summed E-state index contributed by atoms with van der Waals surface area (Å²) in [5, 5.41) is 12.0. The summed E-state index contributed by atoms with van der Waals surface area (Å²) in [6.07, 6.45) is 5.59. The molecule has 1 aromatic rings. The van der Waals surface area contributed by atoms with Crippen molar-refractivity contribution >= 4 is 23.5 Å². The van der Waals surface area contributed by atoms with Crippen LogP contribution in [0.1, 0.15) is 46.0 Å². The maximum Gasteiger partial charge on any atom is 0.257 e. The van der Waals surface area contributed by atoms with E-state index in [0.717, 1.165) is 18.4 Å². The fourth-order valence-electron chi connectivity index (χ4n) is 3.10. The minimum Gasteiger partial charge on any atom is -0.395 e. The number of rotatable bonds is 6. The van der Waals surface area contributed by atoms with Crippen molar-refractivity contribution in [1.29, 1.82) is 0 Å². The third-order valence-corrected chi connectivity index (χ3v) is 4.20. The molecule has 1 aromatic carbocycles. The van der Waals surface area contributed by atoms with E-state index in [9.17, 15) is 9.59 Å². The van der Waals surface area contributed by atoms with E-state index in [-0.39, 0.29) is 18.3 Å². The molecule has 0 spiro atoms. The summed E-state index contributed by atoms with van der Waals surface area (Å²) in [5.41, 5.74) is 2.40. The molecular weight excluding hydrogens is 280 g/mol. The average molecular weight is 300 g/mol. The van der Waals surface area contributed by atoms with Crippen LogP contribution in [0.25, 0.3) is 6.08 Å². The van der Waals surface area contributed by atoms with E-state index in [2.05, 4.69) is 12.2 Å².